The lowest BCUT2D eigenvalue weighted by molar-refractivity contribution is 0.546. The summed E-state index contributed by atoms with van der Waals surface area (Å²) in [6.45, 7) is 3.98. The third-order valence-electron chi connectivity index (χ3n) is 1.99. The second-order valence-corrected chi connectivity index (χ2v) is 3.76. The van der Waals surface area contributed by atoms with E-state index in [1.807, 2.05) is 13.8 Å². The molecule has 0 atom stereocenters. The smallest absolute Gasteiger partial charge is 0.262 e. The number of rotatable bonds is 1. The van der Waals surface area contributed by atoms with E-state index in [2.05, 4.69) is 15.1 Å². The van der Waals surface area contributed by atoms with Crippen molar-refractivity contribution in [3.05, 3.63) is 21.3 Å². The van der Waals surface area contributed by atoms with Gasteiger partial charge in [-0.25, -0.2) is 4.68 Å². The van der Waals surface area contributed by atoms with E-state index in [4.69, 9.17) is 12.2 Å². The van der Waals surface area contributed by atoms with Crippen molar-refractivity contribution in [1.82, 2.24) is 19.7 Å². The SMILES string of the molecule is CC(C)n1ncc2c(=O)[nH]c(=S)[nH]c21. The van der Waals surface area contributed by atoms with Crippen molar-refractivity contribution in [2.75, 3.05) is 0 Å². The van der Waals surface area contributed by atoms with Crippen LogP contribution in [0.5, 0.6) is 0 Å². The number of aromatic nitrogens is 4. The minimum atomic E-state index is -0.198. The highest BCUT2D eigenvalue weighted by atomic mass is 32.1. The Bertz CT molecular complexity index is 577. The summed E-state index contributed by atoms with van der Waals surface area (Å²) in [5.74, 6) is 0. The molecule has 0 aliphatic carbocycles. The molecule has 0 amide bonds. The van der Waals surface area contributed by atoms with Crippen LogP contribution in [0.25, 0.3) is 11.0 Å². The average molecular weight is 210 g/mol. The van der Waals surface area contributed by atoms with Crippen LogP contribution in [-0.4, -0.2) is 19.7 Å². The number of hydrogen-bond donors (Lipinski definition) is 2. The van der Waals surface area contributed by atoms with Crippen molar-refractivity contribution >= 4 is 23.3 Å². The molecule has 2 aromatic heterocycles. The monoisotopic (exact) mass is 210 g/mol. The van der Waals surface area contributed by atoms with Crippen LogP contribution < -0.4 is 5.56 Å². The molecule has 0 aliphatic heterocycles. The van der Waals surface area contributed by atoms with Crippen LogP contribution in [0.2, 0.25) is 0 Å². The van der Waals surface area contributed by atoms with E-state index in [1.54, 1.807) is 10.9 Å². The molecule has 0 bridgehead atoms. The van der Waals surface area contributed by atoms with Gasteiger partial charge in [0.25, 0.3) is 5.56 Å². The quantitative estimate of drug-likeness (QED) is 0.698. The molecular weight excluding hydrogens is 200 g/mol. The Kier molecular flexibility index (Phi) is 1.99. The van der Waals surface area contributed by atoms with Gasteiger partial charge in [0, 0.05) is 6.04 Å². The number of H-pyrrole nitrogens is 2. The molecule has 0 unspecified atom stereocenters. The molecule has 6 heteroatoms. The van der Waals surface area contributed by atoms with E-state index in [1.165, 1.54) is 0 Å². The number of fused-ring (bicyclic) bond motifs is 1. The summed E-state index contributed by atoms with van der Waals surface area (Å²) in [7, 11) is 0. The second kappa shape index (κ2) is 3.06. The summed E-state index contributed by atoms with van der Waals surface area (Å²) in [6.07, 6.45) is 1.54. The fraction of sp³-hybridized carbons (Fsp3) is 0.375. The predicted molar refractivity (Wildman–Crippen MR) is 55.9 cm³/mol. The topological polar surface area (TPSA) is 66.5 Å². The maximum absolute atomic E-state index is 11.4. The Balaban J connectivity index is 2.92. The molecule has 5 nitrogen and oxygen atoms in total. The van der Waals surface area contributed by atoms with Crippen molar-refractivity contribution in [2.24, 2.45) is 0 Å². The lowest BCUT2D eigenvalue weighted by atomic mass is 10.4. The van der Waals surface area contributed by atoms with E-state index in [-0.39, 0.29) is 11.6 Å². The molecular formula is C8H10N4OS. The number of hydrogen-bond acceptors (Lipinski definition) is 3. The Labute approximate surface area is 84.8 Å². The maximum Gasteiger partial charge on any atom is 0.262 e. The lowest BCUT2D eigenvalue weighted by Crippen LogP contribution is -2.09. The van der Waals surface area contributed by atoms with E-state index >= 15 is 0 Å². The van der Waals surface area contributed by atoms with Gasteiger partial charge < -0.3 is 4.98 Å². The summed E-state index contributed by atoms with van der Waals surface area (Å²) in [6, 6.07) is 0.194. The molecule has 0 radical (unpaired) electrons. The van der Waals surface area contributed by atoms with Crippen LogP contribution in [0.1, 0.15) is 19.9 Å². The molecule has 2 heterocycles. The van der Waals surface area contributed by atoms with Gasteiger partial charge in [0.2, 0.25) is 0 Å². The molecule has 2 rings (SSSR count). The highest BCUT2D eigenvalue weighted by Gasteiger charge is 2.08. The van der Waals surface area contributed by atoms with Crippen LogP contribution in [0, 0.1) is 4.77 Å². The molecule has 74 valence electrons. The molecule has 2 aromatic rings. The molecule has 0 spiro atoms. The zero-order valence-corrected chi connectivity index (χ0v) is 8.68. The molecule has 14 heavy (non-hydrogen) atoms. The van der Waals surface area contributed by atoms with Crippen LogP contribution >= 0.6 is 12.2 Å². The van der Waals surface area contributed by atoms with E-state index in [0.717, 1.165) is 0 Å². The first kappa shape index (κ1) is 9.14. The van der Waals surface area contributed by atoms with Gasteiger partial charge in [0.1, 0.15) is 11.0 Å². The standard InChI is InChI=1S/C8H10N4OS/c1-4(2)12-6-5(3-9-12)7(13)11-8(14)10-6/h3-4H,1-2H3,(H2,10,11,13,14). The number of aromatic amines is 2. The van der Waals surface area contributed by atoms with Gasteiger partial charge in [0.15, 0.2) is 4.77 Å². The van der Waals surface area contributed by atoms with Crippen LogP contribution in [-0.2, 0) is 0 Å². The minimum Gasteiger partial charge on any atom is -0.317 e. The highest BCUT2D eigenvalue weighted by Crippen LogP contribution is 2.10. The first-order chi connectivity index (χ1) is 6.59. The first-order valence-electron chi connectivity index (χ1n) is 4.29. The van der Waals surface area contributed by atoms with Crippen LogP contribution in [0.15, 0.2) is 11.0 Å². The molecule has 0 aliphatic rings. The van der Waals surface area contributed by atoms with Gasteiger partial charge >= 0.3 is 0 Å². The van der Waals surface area contributed by atoms with E-state index in [0.29, 0.717) is 15.8 Å². The van der Waals surface area contributed by atoms with Crippen molar-refractivity contribution in [3.8, 4) is 0 Å². The van der Waals surface area contributed by atoms with Gasteiger partial charge in [-0.05, 0) is 26.1 Å². The third-order valence-corrected chi connectivity index (χ3v) is 2.19. The Morgan fingerprint density at radius 1 is 1.50 bits per heavy atom. The zero-order chi connectivity index (χ0) is 10.3. The molecule has 0 aromatic carbocycles. The Morgan fingerprint density at radius 2 is 2.21 bits per heavy atom. The Hall–Kier alpha value is -1.43. The summed E-state index contributed by atoms with van der Waals surface area (Å²) < 4.78 is 2.06. The van der Waals surface area contributed by atoms with Crippen LogP contribution in [0.4, 0.5) is 0 Å². The number of nitrogens with zero attached hydrogens (tertiary/aromatic N) is 2. The fourth-order valence-corrected chi connectivity index (χ4v) is 1.54. The third kappa shape index (κ3) is 1.27. The minimum absolute atomic E-state index is 0.194. The largest absolute Gasteiger partial charge is 0.317 e. The first-order valence-corrected chi connectivity index (χ1v) is 4.70. The van der Waals surface area contributed by atoms with Gasteiger partial charge in [0.05, 0.1) is 6.20 Å². The zero-order valence-electron chi connectivity index (χ0n) is 7.87. The van der Waals surface area contributed by atoms with Gasteiger partial charge in [-0.15, -0.1) is 0 Å². The summed E-state index contributed by atoms with van der Waals surface area (Å²) >= 11 is 4.89. The fourth-order valence-electron chi connectivity index (χ4n) is 1.35. The molecule has 2 N–H and O–H groups in total. The summed E-state index contributed by atoms with van der Waals surface area (Å²) in [5.41, 5.74) is 0.476. The summed E-state index contributed by atoms with van der Waals surface area (Å²) in [4.78, 5) is 16.9. The van der Waals surface area contributed by atoms with Gasteiger partial charge in [-0.3, -0.25) is 9.78 Å². The lowest BCUT2D eigenvalue weighted by Gasteiger charge is -2.05. The molecule has 0 saturated heterocycles. The molecule has 0 fully saturated rings. The van der Waals surface area contributed by atoms with Crippen molar-refractivity contribution in [3.63, 3.8) is 0 Å². The maximum atomic E-state index is 11.4. The van der Waals surface area contributed by atoms with Crippen LogP contribution in [0.3, 0.4) is 0 Å². The second-order valence-electron chi connectivity index (χ2n) is 3.35. The van der Waals surface area contributed by atoms with E-state index < -0.39 is 0 Å². The van der Waals surface area contributed by atoms with Crippen molar-refractivity contribution in [2.45, 2.75) is 19.9 Å². The average Bonchev–Trinajstić information content (AvgIpc) is 2.47. The Morgan fingerprint density at radius 3 is 2.86 bits per heavy atom. The molecule has 0 saturated carbocycles. The van der Waals surface area contributed by atoms with Gasteiger partial charge in [-0.2, -0.15) is 5.10 Å². The normalized spacial score (nSPS) is 11.4. The van der Waals surface area contributed by atoms with E-state index in [9.17, 15) is 4.79 Å². The number of nitrogens with one attached hydrogen (secondary N) is 2. The predicted octanol–water partition coefficient (Wildman–Crippen LogP) is 1.36. The highest BCUT2D eigenvalue weighted by molar-refractivity contribution is 7.71. The van der Waals surface area contributed by atoms with Gasteiger partial charge in [-0.1, -0.05) is 0 Å². The van der Waals surface area contributed by atoms with Crippen molar-refractivity contribution < 1.29 is 0 Å². The van der Waals surface area contributed by atoms with Crippen molar-refractivity contribution in [1.29, 1.82) is 0 Å². The summed E-state index contributed by atoms with van der Waals surface area (Å²) in [5, 5.41) is 4.65.